The number of imidazole rings is 1. The molecule has 140 valence electrons. The monoisotopic (exact) mass is 361 g/mol. The Morgan fingerprint density at radius 1 is 1.11 bits per heavy atom. The highest BCUT2D eigenvalue weighted by Crippen LogP contribution is 2.24. The van der Waals surface area contributed by atoms with Gasteiger partial charge in [0, 0.05) is 12.5 Å². The van der Waals surface area contributed by atoms with E-state index in [2.05, 4.69) is 47.1 Å². The average Bonchev–Trinajstić information content (AvgIpc) is 3.04. The largest absolute Gasteiger partial charge is 0.349 e. The number of para-hydroxylation sites is 2. The lowest BCUT2D eigenvalue weighted by molar-refractivity contribution is -0.126. The minimum absolute atomic E-state index is 0.174. The summed E-state index contributed by atoms with van der Waals surface area (Å²) in [4.78, 5) is 17.3. The smallest absolute Gasteiger partial charge is 0.223 e. The van der Waals surface area contributed by atoms with Gasteiger partial charge in [0.25, 0.3) is 0 Å². The highest BCUT2D eigenvalue weighted by atomic mass is 16.1. The summed E-state index contributed by atoms with van der Waals surface area (Å²) in [5.74, 6) is 1.28. The van der Waals surface area contributed by atoms with Gasteiger partial charge in [-0.3, -0.25) is 4.79 Å². The van der Waals surface area contributed by atoms with Crippen molar-refractivity contribution in [2.24, 2.45) is 5.92 Å². The van der Waals surface area contributed by atoms with Crippen LogP contribution in [-0.4, -0.2) is 15.5 Å². The highest BCUT2D eigenvalue weighted by Gasteiger charge is 2.21. The molecular formula is C23H27N3O. The van der Waals surface area contributed by atoms with E-state index in [-0.39, 0.29) is 11.8 Å². The molecule has 27 heavy (non-hydrogen) atoms. The normalized spacial score (nSPS) is 15.1. The van der Waals surface area contributed by atoms with Crippen LogP contribution in [0.2, 0.25) is 0 Å². The van der Waals surface area contributed by atoms with Gasteiger partial charge in [-0.2, -0.15) is 0 Å². The van der Waals surface area contributed by atoms with Gasteiger partial charge in [-0.15, -0.1) is 0 Å². The number of hydrogen-bond donors (Lipinski definition) is 1. The van der Waals surface area contributed by atoms with Gasteiger partial charge in [0.15, 0.2) is 0 Å². The summed E-state index contributed by atoms with van der Waals surface area (Å²) in [5.41, 5.74) is 4.59. The van der Waals surface area contributed by atoms with Gasteiger partial charge in [0.2, 0.25) is 5.91 Å². The van der Waals surface area contributed by atoms with Crippen molar-refractivity contribution in [3.63, 3.8) is 0 Å². The third-order valence-corrected chi connectivity index (χ3v) is 5.55. The van der Waals surface area contributed by atoms with Gasteiger partial charge in [0.1, 0.15) is 5.82 Å². The van der Waals surface area contributed by atoms with Crippen LogP contribution >= 0.6 is 0 Å². The van der Waals surface area contributed by atoms with Crippen molar-refractivity contribution < 1.29 is 4.79 Å². The zero-order chi connectivity index (χ0) is 18.6. The molecule has 1 amide bonds. The number of nitrogens with zero attached hydrogens (tertiary/aromatic N) is 2. The van der Waals surface area contributed by atoms with Crippen molar-refractivity contribution in [3.05, 3.63) is 65.5 Å². The molecule has 0 saturated heterocycles. The molecule has 1 aliphatic rings. The average molecular weight is 361 g/mol. The fourth-order valence-electron chi connectivity index (χ4n) is 4.11. The Bertz CT molecular complexity index is 938. The van der Waals surface area contributed by atoms with Gasteiger partial charge in [-0.1, -0.05) is 61.2 Å². The molecule has 2 aromatic carbocycles. The Morgan fingerprint density at radius 2 is 1.93 bits per heavy atom. The van der Waals surface area contributed by atoms with E-state index in [1.54, 1.807) is 0 Å². The molecule has 4 nitrogen and oxygen atoms in total. The van der Waals surface area contributed by atoms with E-state index < -0.39 is 0 Å². The number of nitrogens with one attached hydrogen (secondary N) is 1. The third kappa shape index (κ3) is 4.05. The fourth-order valence-corrected chi connectivity index (χ4v) is 4.11. The zero-order valence-corrected chi connectivity index (χ0v) is 15.9. The molecule has 0 spiro atoms. The molecule has 0 atom stereocenters. The molecule has 4 rings (SSSR count). The summed E-state index contributed by atoms with van der Waals surface area (Å²) in [6.07, 6.45) is 5.64. The number of carbonyl (C=O) groups is 1. The molecule has 1 aliphatic carbocycles. The van der Waals surface area contributed by atoms with Crippen LogP contribution in [-0.2, 0) is 17.9 Å². The van der Waals surface area contributed by atoms with Crippen LogP contribution in [0.25, 0.3) is 11.0 Å². The lowest BCUT2D eigenvalue weighted by atomic mass is 9.89. The SMILES string of the molecule is Cc1cccc(Cn2c(CNC(=O)C3CCCCC3)nc3ccccc32)c1. The van der Waals surface area contributed by atoms with Crippen LogP contribution in [0.15, 0.2) is 48.5 Å². The summed E-state index contributed by atoms with van der Waals surface area (Å²) in [6.45, 7) is 3.35. The molecule has 1 fully saturated rings. The van der Waals surface area contributed by atoms with Crippen molar-refractivity contribution in [1.82, 2.24) is 14.9 Å². The second kappa shape index (κ2) is 7.95. The van der Waals surface area contributed by atoms with E-state index in [9.17, 15) is 4.79 Å². The van der Waals surface area contributed by atoms with E-state index in [0.29, 0.717) is 6.54 Å². The molecule has 3 aromatic rings. The van der Waals surface area contributed by atoms with Crippen LogP contribution in [0.1, 0.15) is 49.1 Å². The van der Waals surface area contributed by atoms with E-state index in [1.807, 2.05) is 18.2 Å². The summed E-state index contributed by atoms with van der Waals surface area (Å²) < 4.78 is 2.23. The Hall–Kier alpha value is -2.62. The van der Waals surface area contributed by atoms with Gasteiger partial charge >= 0.3 is 0 Å². The minimum atomic E-state index is 0.174. The van der Waals surface area contributed by atoms with Crippen LogP contribution in [0, 0.1) is 12.8 Å². The lowest BCUT2D eigenvalue weighted by Crippen LogP contribution is -2.32. The number of aromatic nitrogens is 2. The van der Waals surface area contributed by atoms with Crippen molar-refractivity contribution in [3.8, 4) is 0 Å². The number of hydrogen-bond acceptors (Lipinski definition) is 2. The van der Waals surface area contributed by atoms with E-state index in [1.165, 1.54) is 30.4 Å². The van der Waals surface area contributed by atoms with Crippen molar-refractivity contribution in [1.29, 1.82) is 0 Å². The van der Waals surface area contributed by atoms with E-state index in [4.69, 9.17) is 4.98 Å². The molecule has 0 radical (unpaired) electrons. The number of benzene rings is 2. The zero-order valence-electron chi connectivity index (χ0n) is 15.9. The number of rotatable bonds is 5. The molecule has 0 aliphatic heterocycles. The first-order valence-corrected chi connectivity index (χ1v) is 9.98. The van der Waals surface area contributed by atoms with Gasteiger partial charge in [0.05, 0.1) is 17.6 Å². The Labute approximate surface area is 160 Å². The predicted octanol–water partition coefficient (Wildman–Crippen LogP) is 4.59. The first-order valence-electron chi connectivity index (χ1n) is 9.98. The maximum absolute atomic E-state index is 12.6. The second-order valence-corrected chi connectivity index (χ2v) is 7.64. The van der Waals surface area contributed by atoms with E-state index >= 15 is 0 Å². The predicted molar refractivity (Wildman–Crippen MR) is 108 cm³/mol. The summed E-state index contributed by atoms with van der Waals surface area (Å²) >= 11 is 0. The van der Waals surface area contributed by atoms with Gasteiger partial charge in [-0.05, 0) is 37.5 Å². The van der Waals surface area contributed by atoms with Gasteiger partial charge in [-0.25, -0.2) is 4.98 Å². The molecule has 1 saturated carbocycles. The molecule has 0 bridgehead atoms. The third-order valence-electron chi connectivity index (χ3n) is 5.55. The fraction of sp³-hybridized carbons (Fsp3) is 0.391. The summed E-state index contributed by atoms with van der Waals surface area (Å²) in [7, 11) is 0. The lowest BCUT2D eigenvalue weighted by Gasteiger charge is -2.20. The summed E-state index contributed by atoms with van der Waals surface area (Å²) in [5, 5.41) is 3.14. The molecule has 1 aromatic heterocycles. The Kier molecular flexibility index (Phi) is 5.23. The molecular weight excluding hydrogens is 334 g/mol. The first kappa shape index (κ1) is 17.8. The molecule has 1 heterocycles. The van der Waals surface area contributed by atoms with Crippen LogP contribution in [0.5, 0.6) is 0 Å². The molecule has 0 unspecified atom stereocenters. The number of amides is 1. The maximum Gasteiger partial charge on any atom is 0.223 e. The minimum Gasteiger partial charge on any atom is -0.349 e. The van der Waals surface area contributed by atoms with Crippen molar-refractivity contribution in [2.75, 3.05) is 0 Å². The molecule has 1 N–H and O–H groups in total. The van der Waals surface area contributed by atoms with Crippen molar-refractivity contribution >= 4 is 16.9 Å². The van der Waals surface area contributed by atoms with E-state index in [0.717, 1.165) is 36.2 Å². The first-order chi connectivity index (χ1) is 13.2. The highest BCUT2D eigenvalue weighted by molar-refractivity contribution is 5.79. The maximum atomic E-state index is 12.6. The molecule has 4 heteroatoms. The standard InChI is InChI=1S/C23H27N3O/c1-17-8-7-9-18(14-17)16-26-21-13-6-5-12-20(21)25-22(26)15-24-23(27)19-10-3-2-4-11-19/h5-9,12-14,19H,2-4,10-11,15-16H2,1H3,(H,24,27). The quantitative estimate of drug-likeness (QED) is 0.722. The summed E-state index contributed by atoms with van der Waals surface area (Å²) in [6, 6.07) is 16.7. The number of fused-ring (bicyclic) bond motifs is 1. The number of aryl methyl sites for hydroxylation is 1. The van der Waals surface area contributed by atoms with Crippen LogP contribution in [0.3, 0.4) is 0 Å². The topological polar surface area (TPSA) is 46.9 Å². The van der Waals surface area contributed by atoms with Gasteiger partial charge < -0.3 is 9.88 Å². The van der Waals surface area contributed by atoms with Crippen LogP contribution in [0.4, 0.5) is 0 Å². The van der Waals surface area contributed by atoms with Crippen LogP contribution < -0.4 is 5.32 Å². The number of carbonyl (C=O) groups excluding carboxylic acids is 1. The Morgan fingerprint density at radius 3 is 2.74 bits per heavy atom. The Balaban J connectivity index is 1.57. The second-order valence-electron chi connectivity index (χ2n) is 7.64. The van der Waals surface area contributed by atoms with Crippen molar-refractivity contribution in [2.45, 2.75) is 52.1 Å².